The zero-order chi connectivity index (χ0) is 20.1. The van der Waals surface area contributed by atoms with Crippen molar-refractivity contribution in [3.05, 3.63) is 64.7 Å². The van der Waals surface area contributed by atoms with E-state index in [2.05, 4.69) is 16.4 Å². The zero-order valence-electron chi connectivity index (χ0n) is 15.8. The van der Waals surface area contributed by atoms with Gasteiger partial charge in [-0.15, -0.1) is 0 Å². The minimum absolute atomic E-state index is 0.179. The summed E-state index contributed by atoms with van der Waals surface area (Å²) in [4.78, 5) is 16.3. The zero-order valence-corrected chi connectivity index (χ0v) is 16.6. The first-order chi connectivity index (χ1) is 13.5. The third kappa shape index (κ3) is 4.45. The average molecular weight is 389 g/mol. The smallest absolute Gasteiger partial charge is 0.221 e. The normalized spacial score (nSPS) is 11.0. The molecule has 3 rings (SSSR count). The van der Waals surface area contributed by atoms with Gasteiger partial charge in [0.15, 0.2) is 0 Å². The van der Waals surface area contributed by atoms with Crippen molar-refractivity contribution in [2.45, 2.75) is 13.8 Å². The average Bonchev–Trinajstić information content (AvgIpc) is 3.10. The third-order valence-corrected chi connectivity index (χ3v) is 5.02. The van der Waals surface area contributed by atoms with Crippen molar-refractivity contribution in [3.8, 4) is 23.1 Å². The molecule has 2 aromatic carbocycles. The van der Waals surface area contributed by atoms with Crippen LogP contribution >= 0.6 is 11.3 Å². The van der Waals surface area contributed by atoms with Gasteiger partial charge in [-0.05, 0) is 30.7 Å². The number of hydrogen-bond donors (Lipinski definition) is 1. The Morgan fingerprint density at radius 2 is 1.86 bits per heavy atom. The van der Waals surface area contributed by atoms with Gasteiger partial charge in [0.05, 0.1) is 12.7 Å². The van der Waals surface area contributed by atoms with Crippen LogP contribution in [0.1, 0.15) is 23.1 Å². The molecular weight excluding hydrogens is 370 g/mol. The van der Waals surface area contributed by atoms with E-state index in [1.54, 1.807) is 13.2 Å². The summed E-state index contributed by atoms with van der Waals surface area (Å²) < 4.78 is 5.16. The van der Waals surface area contributed by atoms with Gasteiger partial charge in [-0.1, -0.05) is 53.3 Å². The fourth-order valence-corrected chi connectivity index (χ4v) is 3.60. The minimum Gasteiger partial charge on any atom is -0.497 e. The lowest BCUT2D eigenvalue weighted by Gasteiger charge is -2.03. The van der Waals surface area contributed by atoms with E-state index >= 15 is 0 Å². The molecule has 5 nitrogen and oxygen atoms in total. The van der Waals surface area contributed by atoms with Gasteiger partial charge in [-0.25, -0.2) is 4.98 Å². The summed E-state index contributed by atoms with van der Waals surface area (Å²) in [7, 11) is 1.61. The maximum atomic E-state index is 11.6. The van der Waals surface area contributed by atoms with Crippen LogP contribution in [0.25, 0.3) is 22.9 Å². The van der Waals surface area contributed by atoms with Gasteiger partial charge in [0.25, 0.3) is 0 Å². The van der Waals surface area contributed by atoms with Gasteiger partial charge in [-0.2, -0.15) is 5.26 Å². The van der Waals surface area contributed by atoms with E-state index in [1.165, 1.54) is 18.3 Å². The summed E-state index contributed by atoms with van der Waals surface area (Å²) in [6, 6.07) is 17.5. The number of methoxy groups -OCH3 is 1. The predicted molar refractivity (Wildman–Crippen MR) is 113 cm³/mol. The number of nitrogens with zero attached hydrogens (tertiary/aromatic N) is 2. The highest BCUT2D eigenvalue weighted by atomic mass is 32.1. The van der Waals surface area contributed by atoms with Crippen molar-refractivity contribution in [2.24, 2.45) is 0 Å². The number of nitrogens with one attached hydrogen (secondary N) is 1. The highest BCUT2D eigenvalue weighted by molar-refractivity contribution is 7.17. The molecule has 1 aromatic heterocycles. The van der Waals surface area contributed by atoms with Gasteiger partial charge in [0.2, 0.25) is 5.91 Å². The molecular formula is C22H19N3O2S. The molecule has 0 atom stereocenters. The SMILES string of the molecule is COc1ccc(C=C(C#N)c2nc(-c3ccc(C)cc3)c(NC(C)=O)s2)cc1. The van der Waals surface area contributed by atoms with Crippen LogP contribution in [-0.2, 0) is 4.79 Å². The van der Waals surface area contributed by atoms with Crippen molar-refractivity contribution < 1.29 is 9.53 Å². The van der Waals surface area contributed by atoms with Crippen molar-refractivity contribution in [3.63, 3.8) is 0 Å². The number of hydrogen-bond acceptors (Lipinski definition) is 5. The Bertz CT molecular complexity index is 1060. The molecule has 0 radical (unpaired) electrons. The molecule has 0 aliphatic carbocycles. The van der Waals surface area contributed by atoms with Crippen molar-refractivity contribution in [2.75, 3.05) is 12.4 Å². The first kappa shape index (κ1) is 19.3. The van der Waals surface area contributed by atoms with Crippen molar-refractivity contribution >= 4 is 33.9 Å². The van der Waals surface area contributed by atoms with Crippen LogP contribution in [-0.4, -0.2) is 18.0 Å². The maximum Gasteiger partial charge on any atom is 0.221 e. The molecule has 1 N–H and O–H groups in total. The first-order valence-electron chi connectivity index (χ1n) is 8.62. The summed E-state index contributed by atoms with van der Waals surface area (Å²) in [6.45, 7) is 3.47. The van der Waals surface area contributed by atoms with Crippen LogP contribution in [0.15, 0.2) is 48.5 Å². The number of aryl methyl sites for hydroxylation is 1. The molecule has 140 valence electrons. The quantitative estimate of drug-likeness (QED) is 0.612. The fourth-order valence-electron chi connectivity index (χ4n) is 2.60. The standard InChI is InChI=1S/C22H19N3O2S/c1-14-4-8-17(9-5-14)20-22(24-15(2)26)28-21(25-20)18(13-23)12-16-6-10-19(27-3)11-7-16/h4-12H,1-3H3,(H,24,26). The van der Waals surface area contributed by atoms with E-state index in [4.69, 9.17) is 4.74 Å². The Balaban J connectivity index is 2.04. The number of allylic oxidation sites excluding steroid dienone is 1. The Hall–Kier alpha value is -3.43. The molecule has 0 bridgehead atoms. The number of aromatic nitrogens is 1. The molecule has 1 heterocycles. The second-order valence-electron chi connectivity index (χ2n) is 6.19. The highest BCUT2D eigenvalue weighted by Crippen LogP contribution is 2.36. The molecule has 0 aliphatic rings. The van der Waals surface area contributed by atoms with Crippen LogP contribution in [0.2, 0.25) is 0 Å². The van der Waals surface area contributed by atoms with Gasteiger partial charge in [-0.3, -0.25) is 4.79 Å². The number of benzene rings is 2. The minimum atomic E-state index is -0.179. The van der Waals surface area contributed by atoms with Crippen LogP contribution in [0, 0.1) is 18.3 Å². The Kier molecular flexibility index (Phi) is 5.87. The van der Waals surface area contributed by atoms with E-state index < -0.39 is 0 Å². The topological polar surface area (TPSA) is 75.0 Å². The maximum absolute atomic E-state index is 11.6. The van der Waals surface area contributed by atoms with E-state index in [9.17, 15) is 10.1 Å². The van der Waals surface area contributed by atoms with Gasteiger partial charge in [0, 0.05) is 12.5 Å². The predicted octanol–water partition coefficient (Wildman–Crippen LogP) is 5.15. The number of anilines is 1. The third-order valence-electron chi connectivity index (χ3n) is 4.02. The second kappa shape index (κ2) is 8.51. The summed E-state index contributed by atoms with van der Waals surface area (Å²) >= 11 is 1.29. The number of thiazole rings is 1. The molecule has 0 fully saturated rings. The Morgan fingerprint density at radius 1 is 1.18 bits per heavy atom. The van der Waals surface area contributed by atoms with Gasteiger partial charge in [0.1, 0.15) is 27.5 Å². The van der Waals surface area contributed by atoms with E-state index in [0.29, 0.717) is 21.3 Å². The van der Waals surface area contributed by atoms with E-state index in [1.807, 2.05) is 55.5 Å². The largest absolute Gasteiger partial charge is 0.497 e. The van der Waals surface area contributed by atoms with Crippen LogP contribution in [0.4, 0.5) is 5.00 Å². The molecule has 0 spiro atoms. The molecule has 0 aliphatic heterocycles. The molecule has 1 amide bonds. The van der Waals surface area contributed by atoms with Crippen LogP contribution in [0.3, 0.4) is 0 Å². The molecule has 0 unspecified atom stereocenters. The number of rotatable bonds is 5. The molecule has 0 saturated heterocycles. The number of carbonyl (C=O) groups excluding carboxylic acids is 1. The molecule has 28 heavy (non-hydrogen) atoms. The van der Waals surface area contributed by atoms with E-state index in [-0.39, 0.29) is 5.91 Å². The summed E-state index contributed by atoms with van der Waals surface area (Å²) in [5, 5.41) is 13.7. The van der Waals surface area contributed by atoms with Crippen LogP contribution < -0.4 is 10.1 Å². The van der Waals surface area contributed by atoms with Gasteiger partial charge >= 0.3 is 0 Å². The fraction of sp³-hybridized carbons (Fsp3) is 0.136. The van der Waals surface area contributed by atoms with Gasteiger partial charge < -0.3 is 10.1 Å². The molecule has 6 heteroatoms. The number of carbonyl (C=O) groups is 1. The second-order valence-corrected chi connectivity index (χ2v) is 7.19. The lowest BCUT2D eigenvalue weighted by atomic mass is 10.1. The lowest BCUT2D eigenvalue weighted by molar-refractivity contribution is -0.114. The lowest BCUT2D eigenvalue weighted by Crippen LogP contribution is -2.05. The number of nitriles is 1. The molecule has 0 saturated carbocycles. The van der Waals surface area contributed by atoms with Crippen molar-refractivity contribution in [1.82, 2.24) is 4.98 Å². The number of ether oxygens (including phenoxy) is 1. The highest BCUT2D eigenvalue weighted by Gasteiger charge is 2.17. The Morgan fingerprint density at radius 3 is 2.43 bits per heavy atom. The number of amides is 1. The summed E-state index contributed by atoms with van der Waals surface area (Å²) in [5.74, 6) is 0.570. The molecule has 3 aromatic rings. The summed E-state index contributed by atoms with van der Waals surface area (Å²) in [6.07, 6.45) is 1.77. The summed E-state index contributed by atoms with van der Waals surface area (Å²) in [5.41, 5.74) is 3.98. The Labute approximate surface area is 167 Å². The first-order valence-corrected chi connectivity index (χ1v) is 9.43. The van der Waals surface area contributed by atoms with Crippen molar-refractivity contribution in [1.29, 1.82) is 5.26 Å². The van der Waals surface area contributed by atoms with Crippen LogP contribution in [0.5, 0.6) is 5.75 Å². The van der Waals surface area contributed by atoms with E-state index in [0.717, 1.165) is 22.4 Å². The monoisotopic (exact) mass is 389 g/mol.